The van der Waals surface area contributed by atoms with Crippen LogP contribution >= 0.6 is 0 Å². The molecule has 0 amide bonds. The van der Waals surface area contributed by atoms with Crippen molar-refractivity contribution in [2.45, 2.75) is 6.92 Å². The van der Waals surface area contributed by atoms with E-state index in [0.29, 0.717) is 0 Å². The maximum atomic E-state index is 7.51. The van der Waals surface area contributed by atoms with Gasteiger partial charge in [0.1, 0.15) is 0 Å². The summed E-state index contributed by atoms with van der Waals surface area (Å²) >= 11 is 0. The van der Waals surface area contributed by atoms with E-state index in [-0.39, 0.29) is 0 Å². The van der Waals surface area contributed by atoms with Crippen molar-refractivity contribution in [3.63, 3.8) is 0 Å². The van der Waals surface area contributed by atoms with Crippen molar-refractivity contribution in [1.29, 1.82) is 5.26 Å². The molecule has 19 heavy (non-hydrogen) atoms. The fourth-order valence-corrected chi connectivity index (χ4v) is 0.883. The zero-order valence-electron chi connectivity index (χ0n) is 11.6. The Labute approximate surface area is 117 Å². The minimum Gasteiger partial charge on any atom is -0.193 e. The second kappa shape index (κ2) is 13.5. The second-order valence-corrected chi connectivity index (χ2v) is 3.42. The second-order valence-electron chi connectivity index (χ2n) is 3.42. The molecule has 0 aliphatic rings. The van der Waals surface area contributed by atoms with Crippen molar-refractivity contribution in [2.75, 3.05) is 0 Å². The standard InChI is InChI=1S/C10H10.C5H8.C3H3N/c1-3-9-7-5-6-8-10(9)4-2;1-4-5(2)3;1-2-3-4/h3-8H,1-2H2;4H,1-2H2,3H3;2H,1H2. The van der Waals surface area contributed by atoms with Crippen LogP contribution in [0.15, 0.2) is 74.9 Å². The lowest BCUT2D eigenvalue weighted by Gasteiger charge is -1.96. The van der Waals surface area contributed by atoms with Crippen molar-refractivity contribution in [3.05, 3.63) is 86.0 Å². The van der Waals surface area contributed by atoms with E-state index in [1.54, 1.807) is 12.1 Å². The molecule has 0 atom stereocenters. The average molecular weight is 251 g/mol. The first-order valence-electron chi connectivity index (χ1n) is 5.69. The third-order valence-corrected chi connectivity index (χ3v) is 1.88. The van der Waals surface area contributed by atoms with Gasteiger partial charge in [-0.05, 0) is 18.1 Å². The summed E-state index contributed by atoms with van der Waals surface area (Å²) in [5.41, 5.74) is 3.29. The largest absolute Gasteiger partial charge is 0.193 e. The van der Waals surface area contributed by atoms with Crippen LogP contribution < -0.4 is 0 Å². The zero-order valence-corrected chi connectivity index (χ0v) is 11.6. The molecule has 0 bridgehead atoms. The van der Waals surface area contributed by atoms with Gasteiger partial charge in [-0.25, -0.2) is 0 Å². The summed E-state index contributed by atoms with van der Waals surface area (Å²) in [7, 11) is 0. The third kappa shape index (κ3) is 11.7. The van der Waals surface area contributed by atoms with Gasteiger partial charge in [-0.2, -0.15) is 5.26 Å². The SMILES string of the molecule is C=CC#N.C=CC(=C)C.C=Cc1ccccc1C=C. The van der Waals surface area contributed by atoms with Gasteiger partial charge in [-0.3, -0.25) is 0 Å². The van der Waals surface area contributed by atoms with Gasteiger partial charge in [0.05, 0.1) is 6.07 Å². The number of nitriles is 1. The zero-order chi connectivity index (χ0) is 15.1. The Morgan fingerprint density at radius 2 is 1.37 bits per heavy atom. The summed E-state index contributed by atoms with van der Waals surface area (Å²) in [6.45, 7) is 19.4. The molecule has 1 heteroatoms. The Balaban J connectivity index is 0. The number of nitrogens with zero attached hydrogens (tertiary/aromatic N) is 1. The van der Waals surface area contributed by atoms with Gasteiger partial charge in [0.15, 0.2) is 0 Å². The van der Waals surface area contributed by atoms with Gasteiger partial charge in [0, 0.05) is 6.08 Å². The van der Waals surface area contributed by atoms with E-state index < -0.39 is 0 Å². The van der Waals surface area contributed by atoms with Gasteiger partial charge < -0.3 is 0 Å². The Hall–Kier alpha value is -2.59. The maximum Gasteiger partial charge on any atom is 0.0905 e. The van der Waals surface area contributed by atoms with Gasteiger partial charge >= 0.3 is 0 Å². The molecule has 0 radical (unpaired) electrons. The van der Waals surface area contributed by atoms with Crippen LogP contribution in [0.4, 0.5) is 0 Å². The average Bonchev–Trinajstić information content (AvgIpc) is 2.47. The Kier molecular flexibility index (Phi) is 13.3. The highest BCUT2D eigenvalue weighted by Crippen LogP contribution is 2.10. The van der Waals surface area contributed by atoms with E-state index in [9.17, 15) is 0 Å². The molecule has 0 aliphatic carbocycles. The summed E-state index contributed by atoms with van der Waals surface area (Å²) in [5.74, 6) is 0. The highest BCUT2D eigenvalue weighted by Gasteiger charge is 1.89. The number of hydrogen-bond donors (Lipinski definition) is 0. The van der Waals surface area contributed by atoms with Gasteiger partial charge in [0.25, 0.3) is 0 Å². The Morgan fingerprint density at radius 3 is 1.53 bits per heavy atom. The molecule has 1 nitrogen and oxygen atoms in total. The fourth-order valence-electron chi connectivity index (χ4n) is 0.883. The minimum atomic E-state index is 1.02. The van der Waals surface area contributed by atoms with Crippen LogP contribution in [-0.4, -0.2) is 0 Å². The highest BCUT2D eigenvalue weighted by atomic mass is 14.2. The van der Waals surface area contributed by atoms with Crippen LogP contribution in [0, 0.1) is 11.3 Å². The number of hydrogen-bond acceptors (Lipinski definition) is 1. The summed E-state index contributed by atoms with van der Waals surface area (Å²) in [5, 5.41) is 7.51. The van der Waals surface area contributed by atoms with Gasteiger partial charge in [-0.1, -0.05) is 81.0 Å². The van der Waals surface area contributed by atoms with Crippen LogP contribution in [0.25, 0.3) is 12.2 Å². The first-order valence-corrected chi connectivity index (χ1v) is 5.69. The predicted molar refractivity (Wildman–Crippen MR) is 87.4 cm³/mol. The van der Waals surface area contributed by atoms with Crippen LogP contribution in [0.3, 0.4) is 0 Å². The summed E-state index contributed by atoms with van der Waals surface area (Å²) < 4.78 is 0. The molecular formula is C18H21N. The molecule has 98 valence electrons. The minimum absolute atomic E-state index is 1.02. The number of rotatable bonds is 3. The molecule has 0 aromatic heterocycles. The summed E-state index contributed by atoms with van der Waals surface area (Å²) in [6, 6.07) is 9.71. The molecule has 1 aromatic carbocycles. The molecule has 1 aromatic rings. The molecule has 0 fully saturated rings. The van der Waals surface area contributed by atoms with Crippen molar-refractivity contribution < 1.29 is 0 Å². The number of benzene rings is 1. The predicted octanol–water partition coefficient (Wildman–Crippen LogP) is 5.42. The molecule has 0 saturated heterocycles. The fraction of sp³-hybridized carbons (Fsp3) is 0.0556. The molecule has 0 saturated carbocycles. The normalized spacial score (nSPS) is 7.16. The summed E-state index contributed by atoms with van der Waals surface area (Å²) in [6.07, 6.45) is 6.56. The Morgan fingerprint density at radius 1 is 1.05 bits per heavy atom. The smallest absolute Gasteiger partial charge is 0.0905 e. The first-order chi connectivity index (χ1) is 9.06. The maximum absolute atomic E-state index is 7.51. The van der Waals surface area contributed by atoms with Crippen molar-refractivity contribution in [1.82, 2.24) is 0 Å². The van der Waals surface area contributed by atoms with E-state index in [4.69, 9.17) is 5.26 Å². The molecule has 1 rings (SSSR count). The molecular weight excluding hydrogens is 230 g/mol. The third-order valence-electron chi connectivity index (χ3n) is 1.88. The van der Waals surface area contributed by atoms with Crippen LogP contribution in [0.5, 0.6) is 0 Å². The van der Waals surface area contributed by atoms with Crippen molar-refractivity contribution >= 4 is 12.2 Å². The van der Waals surface area contributed by atoms with Crippen LogP contribution in [-0.2, 0) is 0 Å². The quantitative estimate of drug-likeness (QED) is 0.520. The highest BCUT2D eigenvalue weighted by molar-refractivity contribution is 5.63. The van der Waals surface area contributed by atoms with Crippen LogP contribution in [0.1, 0.15) is 18.1 Å². The van der Waals surface area contributed by atoms with E-state index in [2.05, 4.69) is 32.9 Å². The molecule has 0 unspecified atom stereocenters. The van der Waals surface area contributed by atoms with Crippen molar-refractivity contribution in [3.8, 4) is 6.07 Å². The topological polar surface area (TPSA) is 23.8 Å². The van der Waals surface area contributed by atoms with Crippen molar-refractivity contribution in [2.24, 2.45) is 0 Å². The van der Waals surface area contributed by atoms with E-state index in [1.807, 2.05) is 43.3 Å². The lowest BCUT2D eigenvalue weighted by Crippen LogP contribution is -1.76. The Bertz CT molecular complexity index is 446. The van der Waals surface area contributed by atoms with E-state index in [0.717, 1.165) is 16.7 Å². The van der Waals surface area contributed by atoms with Crippen LogP contribution in [0.2, 0.25) is 0 Å². The van der Waals surface area contributed by atoms with Gasteiger partial charge in [-0.15, -0.1) is 0 Å². The first kappa shape index (κ1) is 18.8. The molecule has 0 N–H and O–H groups in total. The van der Waals surface area contributed by atoms with E-state index >= 15 is 0 Å². The van der Waals surface area contributed by atoms with Gasteiger partial charge in [0.2, 0.25) is 0 Å². The monoisotopic (exact) mass is 251 g/mol. The van der Waals surface area contributed by atoms with E-state index in [1.165, 1.54) is 6.08 Å². The number of allylic oxidation sites excluding steroid dienone is 3. The molecule has 0 spiro atoms. The lowest BCUT2D eigenvalue weighted by atomic mass is 10.1. The molecule has 0 heterocycles. The summed E-state index contributed by atoms with van der Waals surface area (Å²) in [4.78, 5) is 0. The molecule has 0 aliphatic heterocycles. The lowest BCUT2D eigenvalue weighted by molar-refractivity contribution is 1.54.